The molecule has 2 aromatic carbocycles. The summed E-state index contributed by atoms with van der Waals surface area (Å²) in [6.45, 7) is 6.06. The van der Waals surface area contributed by atoms with E-state index < -0.39 is 10.8 Å². The molecule has 1 fully saturated rings. The number of benzene rings is 2. The first-order valence-electron chi connectivity index (χ1n) is 10.2. The molecule has 3 aromatic rings. The zero-order valence-electron chi connectivity index (χ0n) is 17.8. The predicted molar refractivity (Wildman–Crippen MR) is 123 cm³/mol. The summed E-state index contributed by atoms with van der Waals surface area (Å²) in [5, 5.41) is 20.4. The normalized spacial score (nSPS) is 13.8. The van der Waals surface area contributed by atoms with E-state index in [0.29, 0.717) is 26.2 Å². The SMILES string of the molecule is Cc1ccc(-c2ccc(N3CCN(C(=O)c4cc(Cl)ccc4[N+](=O)[O-])CC3)nn2)c(C)c1. The molecule has 0 saturated carbocycles. The molecular formula is C23H22ClN5O3. The molecule has 2 heterocycles. The van der Waals surface area contributed by atoms with Gasteiger partial charge in [-0.15, -0.1) is 10.2 Å². The van der Waals surface area contributed by atoms with Crippen LogP contribution < -0.4 is 4.90 Å². The number of piperazine rings is 1. The quantitative estimate of drug-likeness (QED) is 0.434. The van der Waals surface area contributed by atoms with Gasteiger partial charge in [0, 0.05) is 42.8 Å². The molecule has 164 valence electrons. The first-order valence-corrected chi connectivity index (χ1v) is 10.6. The van der Waals surface area contributed by atoms with Crippen molar-refractivity contribution >= 4 is 29.0 Å². The summed E-state index contributed by atoms with van der Waals surface area (Å²) in [6.07, 6.45) is 0. The average Bonchev–Trinajstić information content (AvgIpc) is 2.79. The highest BCUT2D eigenvalue weighted by molar-refractivity contribution is 6.31. The van der Waals surface area contributed by atoms with Crippen LogP contribution in [-0.4, -0.2) is 52.1 Å². The molecule has 1 aromatic heterocycles. The summed E-state index contributed by atoms with van der Waals surface area (Å²) in [5.74, 6) is 0.342. The maximum Gasteiger partial charge on any atom is 0.282 e. The molecule has 1 aliphatic heterocycles. The first-order chi connectivity index (χ1) is 15.3. The molecule has 4 rings (SSSR count). The molecule has 1 amide bonds. The lowest BCUT2D eigenvalue weighted by Gasteiger charge is -2.35. The maximum atomic E-state index is 12.9. The molecular weight excluding hydrogens is 430 g/mol. The molecule has 0 atom stereocenters. The van der Waals surface area contributed by atoms with Crippen molar-refractivity contribution < 1.29 is 9.72 Å². The van der Waals surface area contributed by atoms with E-state index in [0.717, 1.165) is 22.6 Å². The van der Waals surface area contributed by atoms with Crippen LogP contribution in [0.25, 0.3) is 11.3 Å². The van der Waals surface area contributed by atoms with Gasteiger partial charge in [-0.2, -0.15) is 0 Å². The molecule has 0 N–H and O–H groups in total. The Kier molecular flexibility index (Phi) is 6.05. The van der Waals surface area contributed by atoms with Crippen molar-refractivity contribution in [3.05, 3.63) is 80.4 Å². The van der Waals surface area contributed by atoms with Crippen molar-refractivity contribution in [1.82, 2.24) is 15.1 Å². The monoisotopic (exact) mass is 451 g/mol. The topological polar surface area (TPSA) is 92.5 Å². The van der Waals surface area contributed by atoms with Crippen LogP contribution in [0.3, 0.4) is 0 Å². The standard InChI is InChI=1S/C23H22ClN5O3/c1-15-3-5-18(16(2)13-15)20-6-8-22(26-25-20)27-9-11-28(12-10-27)23(30)19-14-17(24)4-7-21(19)29(31)32/h3-8,13-14H,9-12H2,1-2H3. The minimum Gasteiger partial charge on any atom is -0.352 e. The summed E-state index contributed by atoms with van der Waals surface area (Å²) < 4.78 is 0. The van der Waals surface area contributed by atoms with Crippen molar-refractivity contribution in [1.29, 1.82) is 0 Å². The number of carbonyl (C=O) groups excluding carboxylic acids is 1. The Morgan fingerprint density at radius 2 is 1.75 bits per heavy atom. The maximum absolute atomic E-state index is 12.9. The van der Waals surface area contributed by atoms with E-state index in [1.807, 2.05) is 18.2 Å². The van der Waals surface area contributed by atoms with Gasteiger partial charge in [-0.05, 0) is 43.7 Å². The van der Waals surface area contributed by atoms with Gasteiger partial charge in [0.1, 0.15) is 5.56 Å². The van der Waals surface area contributed by atoms with Crippen LogP contribution in [0.2, 0.25) is 5.02 Å². The number of aryl methyl sites for hydroxylation is 2. The zero-order chi connectivity index (χ0) is 22.8. The number of nitro groups is 1. The fourth-order valence-electron chi connectivity index (χ4n) is 3.89. The highest BCUT2D eigenvalue weighted by Crippen LogP contribution is 2.26. The third kappa shape index (κ3) is 4.40. The second kappa shape index (κ2) is 8.92. The number of nitro benzene ring substituents is 1. The molecule has 1 saturated heterocycles. The minimum atomic E-state index is -0.563. The average molecular weight is 452 g/mol. The number of hydrogen-bond donors (Lipinski definition) is 0. The third-order valence-electron chi connectivity index (χ3n) is 5.58. The molecule has 32 heavy (non-hydrogen) atoms. The Bertz CT molecular complexity index is 1170. The van der Waals surface area contributed by atoms with Crippen molar-refractivity contribution in [3.8, 4) is 11.3 Å². The largest absolute Gasteiger partial charge is 0.352 e. The summed E-state index contributed by atoms with van der Waals surface area (Å²) in [6, 6.07) is 14.1. The summed E-state index contributed by atoms with van der Waals surface area (Å²) in [4.78, 5) is 27.3. The number of nitrogens with zero attached hydrogens (tertiary/aromatic N) is 5. The Morgan fingerprint density at radius 1 is 1.00 bits per heavy atom. The highest BCUT2D eigenvalue weighted by atomic mass is 35.5. The molecule has 0 aliphatic carbocycles. The zero-order valence-corrected chi connectivity index (χ0v) is 18.5. The van der Waals surface area contributed by atoms with Gasteiger partial charge in [0.25, 0.3) is 11.6 Å². The van der Waals surface area contributed by atoms with E-state index in [9.17, 15) is 14.9 Å². The Morgan fingerprint density at radius 3 is 2.38 bits per heavy atom. The van der Waals surface area contributed by atoms with E-state index >= 15 is 0 Å². The number of anilines is 1. The van der Waals surface area contributed by atoms with Gasteiger partial charge in [0.2, 0.25) is 0 Å². The van der Waals surface area contributed by atoms with Crippen molar-refractivity contribution in [2.45, 2.75) is 13.8 Å². The Hall–Kier alpha value is -3.52. The van der Waals surface area contributed by atoms with E-state index in [1.165, 1.54) is 23.8 Å². The van der Waals surface area contributed by atoms with Crippen LogP contribution in [0.4, 0.5) is 11.5 Å². The van der Waals surface area contributed by atoms with Crippen molar-refractivity contribution in [3.63, 3.8) is 0 Å². The molecule has 9 heteroatoms. The predicted octanol–water partition coefficient (Wildman–Crippen LogP) is 4.28. The van der Waals surface area contributed by atoms with Gasteiger partial charge in [0.15, 0.2) is 5.82 Å². The minimum absolute atomic E-state index is 0.00793. The Balaban J connectivity index is 1.44. The molecule has 0 bridgehead atoms. The van der Waals surface area contributed by atoms with Gasteiger partial charge >= 0.3 is 0 Å². The lowest BCUT2D eigenvalue weighted by atomic mass is 10.0. The van der Waals surface area contributed by atoms with Gasteiger partial charge in [-0.1, -0.05) is 35.4 Å². The number of rotatable bonds is 4. The van der Waals surface area contributed by atoms with E-state index in [2.05, 4.69) is 41.1 Å². The number of amides is 1. The molecule has 0 unspecified atom stereocenters. The molecule has 8 nitrogen and oxygen atoms in total. The summed E-state index contributed by atoms with van der Waals surface area (Å²) in [5.41, 5.74) is 3.98. The van der Waals surface area contributed by atoms with Gasteiger partial charge in [0.05, 0.1) is 10.6 Å². The van der Waals surface area contributed by atoms with Gasteiger partial charge in [-0.25, -0.2) is 0 Å². The molecule has 1 aliphatic rings. The van der Waals surface area contributed by atoms with Crippen LogP contribution in [0.5, 0.6) is 0 Å². The van der Waals surface area contributed by atoms with E-state index in [4.69, 9.17) is 11.6 Å². The van der Waals surface area contributed by atoms with Crippen LogP contribution in [-0.2, 0) is 0 Å². The number of carbonyl (C=O) groups is 1. The lowest BCUT2D eigenvalue weighted by Crippen LogP contribution is -2.49. The van der Waals surface area contributed by atoms with Gasteiger partial charge in [-0.3, -0.25) is 14.9 Å². The fraction of sp³-hybridized carbons (Fsp3) is 0.261. The third-order valence-corrected chi connectivity index (χ3v) is 5.82. The van der Waals surface area contributed by atoms with Gasteiger partial charge < -0.3 is 9.80 Å². The van der Waals surface area contributed by atoms with Crippen LogP contribution in [0.15, 0.2) is 48.5 Å². The summed E-state index contributed by atoms with van der Waals surface area (Å²) >= 11 is 5.97. The smallest absolute Gasteiger partial charge is 0.282 e. The summed E-state index contributed by atoms with van der Waals surface area (Å²) in [7, 11) is 0. The number of hydrogen-bond acceptors (Lipinski definition) is 6. The molecule has 0 spiro atoms. The second-order valence-corrected chi connectivity index (χ2v) is 8.23. The second-order valence-electron chi connectivity index (χ2n) is 7.79. The number of aromatic nitrogens is 2. The van der Waals surface area contributed by atoms with E-state index in [1.54, 1.807) is 4.90 Å². The van der Waals surface area contributed by atoms with Crippen LogP contribution >= 0.6 is 11.6 Å². The highest BCUT2D eigenvalue weighted by Gasteiger charge is 2.28. The van der Waals surface area contributed by atoms with Crippen molar-refractivity contribution in [2.24, 2.45) is 0 Å². The van der Waals surface area contributed by atoms with Crippen LogP contribution in [0, 0.1) is 24.0 Å². The lowest BCUT2D eigenvalue weighted by molar-refractivity contribution is -0.385. The fourth-order valence-corrected chi connectivity index (χ4v) is 4.06. The Labute approximate surface area is 190 Å². The van der Waals surface area contributed by atoms with Crippen LogP contribution in [0.1, 0.15) is 21.5 Å². The van der Waals surface area contributed by atoms with E-state index in [-0.39, 0.29) is 16.3 Å². The number of halogens is 1. The molecule has 0 radical (unpaired) electrons. The van der Waals surface area contributed by atoms with Crippen molar-refractivity contribution in [2.75, 3.05) is 31.1 Å². The first kappa shape index (κ1) is 21.7.